The number of nitrogens with zero attached hydrogens (tertiary/aromatic N) is 2. The van der Waals surface area contributed by atoms with Crippen LogP contribution in [0.5, 0.6) is 0 Å². The molecule has 1 amide bonds. The van der Waals surface area contributed by atoms with Gasteiger partial charge in [-0.2, -0.15) is 4.31 Å². The molecule has 0 radical (unpaired) electrons. The number of hydrogen-bond donors (Lipinski definition) is 2. The topological polar surface area (TPSA) is 81.8 Å². The maximum atomic E-state index is 12.2. The van der Waals surface area contributed by atoms with Crippen LogP contribution < -0.4 is 15.5 Å². The number of para-hydroxylation sites is 2. The van der Waals surface area contributed by atoms with E-state index in [4.69, 9.17) is 23.8 Å². The van der Waals surface area contributed by atoms with E-state index in [1.807, 2.05) is 36.4 Å². The van der Waals surface area contributed by atoms with Crippen molar-refractivity contribution in [3.8, 4) is 0 Å². The third-order valence-electron chi connectivity index (χ3n) is 4.73. The number of sulfonamides is 1. The summed E-state index contributed by atoms with van der Waals surface area (Å²) in [6.45, 7) is 1.97. The number of amides is 1. The summed E-state index contributed by atoms with van der Waals surface area (Å²) >= 11 is 11.1. The molecule has 1 saturated heterocycles. The minimum Gasteiger partial charge on any atom is -0.367 e. The highest BCUT2D eigenvalue weighted by Crippen LogP contribution is 2.27. The van der Waals surface area contributed by atoms with Gasteiger partial charge < -0.3 is 10.2 Å². The van der Waals surface area contributed by atoms with Crippen molar-refractivity contribution in [3.63, 3.8) is 0 Å². The molecule has 0 atom stereocenters. The molecule has 10 heteroatoms. The molecule has 0 spiro atoms. The average molecular weight is 479 g/mol. The standard InChI is InChI=1S/C21H23ClN4O3S2/c1-31(28,29)26-14-12-25(13-15-26)19-5-3-2-4-18(19)23-21(30)24-20(27)11-8-16-6-9-17(22)10-7-16/h2-11H,12-15H2,1H3,(H2,23,24,27,30). The molecule has 2 aromatic rings. The zero-order valence-electron chi connectivity index (χ0n) is 16.9. The lowest BCUT2D eigenvalue weighted by Crippen LogP contribution is -2.48. The second-order valence-electron chi connectivity index (χ2n) is 6.99. The van der Waals surface area contributed by atoms with Crippen molar-refractivity contribution in [1.29, 1.82) is 0 Å². The average Bonchev–Trinajstić information content (AvgIpc) is 2.73. The molecule has 0 aliphatic carbocycles. The summed E-state index contributed by atoms with van der Waals surface area (Å²) in [7, 11) is -3.19. The van der Waals surface area contributed by atoms with Gasteiger partial charge in [-0.1, -0.05) is 35.9 Å². The Morgan fingerprint density at radius 2 is 1.71 bits per heavy atom. The van der Waals surface area contributed by atoms with Crippen LogP contribution in [-0.2, 0) is 14.8 Å². The Labute approximate surface area is 192 Å². The van der Waals surface area contributed by atoms with Gasteiger partial charge in [0.1, 0.15) is 0 Å². The maximum absolute atomic E-state index is 12.2. The number of carbonyl (C=O) groups excluding carboxylic acids is 1. The molecule has 164 valence electrons. The predicted octanol–water partition coefficient (Wildman–Crippen LogP) is 2.95. The van der Waals surface area contributed by atoms with Crippen molar-refractivity contribution in [1.82, 2.24) is 9.62 Å². The Hall–Kier alpha value is -2.46. The molecule has 3 rings (SSSR count). The fourth-order valence-electron chi connectivity index (χ4n) is 3.17. The molecule has 1 aliphatic rings. The van der Waals surface area contributed by atoms with Crippen LogP contribution in [0.3, 0.4) is 0 Å². The molecular weight excluding hydrogens is 456 g/mol. The van der Waals surface area contributed by atoms with Crippen LogP contribution in [0.25, 0.3) is 6.08 Å². The first-order chi connectivity index (χ1) is 14.7. The predicted molar refractivity (Wildman–Crippen MR) is 130 cm³/mol. The normalized spacial score (nSPS) is 15.1. The summed E-state index contributed by atoms with van der Waals surface area (Å²) in [4.78, 5) is 14.3. The Kier molecular flexibility index (Phi) is 7.66. The van der Waals surface area contributed by atoms with E-state index in [2.05, 4.69) is 15.5 Å². The molecule has 0 bridgehead atoms. The first-order valence-corrected chi connectivity index (χ1v) is 12.2. The Balaban J connectivity index is 1.59. The lowest BCUT2D eigenvalue weighted by molar-refractivity contribution is -0.115. The molecule has 31 heavy (non-hydrogen) atoms. The Morgan fingerprint density at radius 1 is 1.06 bits per heavy atom. The second-order valence-corrected chi connectivity index (χ2v) is 9.82. The van der Waals surface area contributed by atoms with Crippen LogP contribution in [0, 0.1) is 0 Å². The van der Waals surface area contributed by atoms with E-state index in [0.29, 0.717) is 31.2 Å². The van der Waals surface area contributed by atoms with Crippen LogP contribution in [0.4, 0.5) is 11.4 Å². The fourth-order valence-corrected chi connectivity index (χ4v) is 4.33. The molecule has 1 fully saturated rings. The number of thiocarbonyl (C=S) groups is 1. The Bertz CT molecular complexity index is 1080. The smallest absolute Gasteiger partial charge is 0.250 e. The van der Waals surface area contributed by atoms with Crippen LogP contribution in [0.2, 0.25) is 5.02 Å². The number of halogens is 1. The summed E-state index contributed by atoms with van der Waals surface area (Å²) < 4.78 is 24.9. The third kappa shape index (κ3) is 6.76. The van der Waals surface area contributed by atoms with E-state index < -0.39 is 10.0 Å². The fraction of sp³-hybridized carbons (Fsp3) is 0.238. The highest BCUT2D eigenvalue weighted by Gasteiger charge is 2.24. The van der Waals surface area contributed by atoms with Crippen molar-refractivity contribution >= 4 is 62.3 Å². The SMILES string of the molecule is CS(=O)(=O)N1CCN(c2ccccc2NC(=S)NC(=O)C=Cc2ccc(Cl)cc2)CC1. The van der Waals surface area contributed by atoms with Gasteiger partial charge in [-0.15, -0.1) is 0 Å². The summed E-state index contributed by atoms with van der Waals surface area (Å²) in [6.07, 6.45) is 4.29. The summed E-state index contributed by atoms with van der Waals surface area (Å²) in [5.74, 6) is -0.355. The number of anilines is 2. The van der Waals surface area contributed by atoms with Crippen LogP contribution in [0.15, 0.2) is 54.6 Å². The van der Waals surface area contributed by atoms with E-state index in [1.54, 1.807) is 18.2 Å². The molecule has 0 unspecified atom stereocenters. The highest BCUT2D eigenvalue weighted by molar-refractivity contribution is 7.88. The van der Waals surface area contributed by atoms with Gasteiger partial charge in [0.05, 0.1) is 17.6 Å². The number of piperazine rings is 1. The zero-order chi connectivity index (χ0) is 22.4. The van der Waals surface area contributed by atoms with Gasteiger partial charge in [0, 0.05) is 37.3 Å². The maximum Gasteiger partial charge on any atom is 0.250 e. The minimum atomic E-state index is -3.19. The van der Waals surface area contributed by atoms with Gasteiger partial charge in [0.2, 0.25) is 15.9 Å². The summed E-state index contributed by atoms with van der Waals surface area (Å²) in [5, 5.41) is 6.49. The monoisotopic (exact) mass is 478 g/mol. The van der Waals surface area contributed by atoms with Crippen molar-refractivity contribution in [2.45, 2.75) is 0 Å². The molecule has 1 heterocycles. The third-order valence-corrected chi connectivity index (χ3v) is 6.49. The lowest BCUT2D eigenvalue weighted by atomic mass is 10.2. The first-order valence-electron chi connectivity index (χ1n) is 9.57. The van der Waals surface area contributed by atoms with E-state index in [0.717, 1.165) is 16.9 Å². The number of benzene rings is 2. The number of hydrogen-bond acceptors (Lipinski definition) is 5. The van der Waals surface area contributed by atoms with E-state index >= 15 is 0 Å². The van der Waals surface area contributed by atoms with Gasteiger partial charge in [-0.3, -0.25) is 10.1 Å². The molecule has 0 saturated carbocycles. The first kappa shape index (κ1) is 23.2. The van der Waals surface area contributed by atoms with Crippen LogP contribution in [0.1, 0.15) is 5.56 Å². The van der Waals surface area contributed by atoms with Crippen LogP contribution >= 0.6 is 23.8 Å². The van der Waals surface area contributed by atoms with Crippen molar-refractivity contribution in [2.24, 2.45) is 0 Å². The van der Waals surface area contributed by atoms with Crippen LogP contribution in [-0.4, -0.2) is 56.2 Å². The van der Waals surface area contributed by atoms with E-state index in [1.165, 1.54) is 16.6 Å². The molecule has 2 N–H and O–H groups in total. The summed E-state index contributed by atoms with van der Waals surface area (Å²) in [6, 6.07) is 14.7. The van der Waals surface area contributed by atoms with Gasteiger partial charge in [-0.05, 0) is 48.1 Å². The highest BCUT2D eigenvalue weighted by atomic mass is 35.5. The second kappa shape index (κ2) is 10.2. The number of carbonyl (C=O) groups is 1. The molecule has 7 nitrogen and oxygen atoms in total. The van der Waals surface area contributed by atoms with E-state index in [9.17, 15) is 13.2 Å². The summed E-state index contributed by atoms with van der Waals surface area (Å²) in [5.41, 5.74) is 2.48. The van der Waals surface area contributed by atoms with Gasteiger partial charge in [0.25, 0.3) is 0 Å². The van der Waals surface area contributed by atoms with Crippen molar-refractivity contribution < 1.29 is 13.2 Å². The minimum absolute atomic E-state index is 0.174. The lowest BCUT2D eigenvalue weighted by Gasteiger charge is -2.35. The van der Waals surface area contributed by atoms with Crippen molar-refractivity contribution in [3.05, 3.63) is 65.2 Å². The quantitative estimate of drug-likeness (QED) is 0.508. The molecule has 2 aromatic carbocycles. The molecule has 1 aliphatic heterocycles. The van der Waals surface area contributed by atoms with Gasteiger partial charge >= 0.3 is 0 Å². The van der Waals surface area contributed by atoms with Gasteiger partial charge in [0.15, 0.2) is 5.11 Å². The van der Waals surface area contributed by atoms with Gasteiger partial charge in [-0.25, -0.2) is 8.42 Å². The van der Waals surface area contributed by atoms with Crippen molar-refractivity contribution in [2.75, 3.05) is 42.7 Å². The number of rotatable bonds is 5. The Morgan fingerprint density at radius 3 is 2.35 bits per heavy atom. The largest absolute Gasteiger partial charge is 0.367 e. The zero-order valence-corrected chi connectivity index (χ0v) is 19.3. The molecular formula is C21H23ClN4O3S2. The molecule has 0 aromatic heterocycles. The van der Waals surface area contributed by atoms with E-state index in [-0.39, 0.29) is 11.0 Å². The number of nitrogens with one attached hydrogen (secondary N) is 2.